The third-order valence-electron chi connectivity index (χ3n) is 7.36. The van der Waals surface area contributed by atoms with Gasteiger partial charge in [-0.3, -0.25) is 4.72 Å². The van der Waals surface area contributed by atoms with Crippen molar-refractivity contribution in [2.24, 2.45) is 0 Å². The standard InChI is InChI=1S/C29H33ClN6O3S/c1-18-15-19(16-20-17-31-29(34-27(18)20)32-21-9-11-22(12-10-21)36(2)3)23-13-14-26(33-28(23)39-4)35-40(37,38)25-8-6-5-7-24(25)30/h5-8,13-17,21-22H,9-12H2,1-4H3,(H,33,35)(H,31,32,34)/t21-,22+. The Hall–Kier alpha value is -3.47. The molecular formula is C29H33ClN6O3S. The Morgan fingerprint density at radius 3 is 2.48 bits per heavy atom. The highest BCUT2D eigenvalue weighted by molar-refractivity contribution is 7.92. The molecule has 9 nitrogen and oxygen atoms in total. The van der Waals surface area contributed by atoms with Crippen molar-refractivity contribution in [2.45, 2.75) is 49.6 Å². The van der Waals surface area contributed by atoms with Gasteiger partial charge in [0.25, 0.3) is 10.0 Å². The van der Waals surface area contributed by atoms with Gasteiger partial charge < -0.3 is 15.0 Å². The summed E-state index contributed by atoms with van der Waals surface area (Å²) in [5.41, 5.74) is 3.44. The summed E-state index contributed by atoms with van der Waals surface area (Å²) in [6.07, 6.45) is 6.35. The van der Waals surface area contributed by atoms with Crippen LogP contribution in [0.15, 0.2) is 59.6 Å². The number of hydrogen-bond donors (Lipinski definition) is 2. The van der Waals surface area contributed by atoms with Crippen LogP contribution in [0.2, 0.25) is 5.02 Å². The Kier molecular flexibility index (Phi) is 8.11. The van der Waals surface area contributed by atoms with Crippen LogP contribution in [0.1, 0.15) is 31.2 Å². The first kappa shape index (κ1) is 28.1. The molecule has 2 aromatic carbocycles. The van der Waals surface area contributed by atoms with E-state index in [2.05, 4.69) is 39.0 Å². The molecule has 2 aromatic heterocycles. The molecule has 0 unspecified atom stereocenters. The topological polar surface area (TPSA) is 109 Å². The van der Waals surface area contributed by atoms with Crippen molar-refractivity contribution in [1.82, 2.24) is 19.9 Å². The van der Waals surface area contributed by atoms with Gasteiger partial charge in [-0.05, 0) is 94.2 Å². The second kappa shape index (κ2) is 11.6. The molecule has 2 heterocycles. The molecule has 11 heteroatoms. The lowest BCUT2D eigenvalue weighted by molar-refractivity contribution is 0.221. The molecule has 0 radical (unpaired) electrons. The summed E-state index contributed by atoms with van der Waals surface area (Å²) >= 11 is 6.10. The number of methoxy groups -OCH3 is 1. The number of benzene rings is 2. The van der Waals surface area contributed by atoms with Gasteiger partial charge in [-0.2, -0.15) is 4.98 Å². The number of pyridine rings is 1. The Bertz CT molecular complexity index is 1640. The normalized spacial score (nSPS) is 17.6. The number of halogens is 1. The summed E-state index contributed by atoms with van der Waals surface area (Å²) in [6.45, 7) is 2.01. The van der Waals surface area contributed by atoms with Crippen LogP contribution in [0.5, 0.6) is 5.88 Å². The number of ether oxygens (including phenoxy) is 1. The minimum Gasteiger partial charge on any atom is -0.480 e. The first-order valence-corrected chi connectivity index (χ1v) is 15.0. The first-order chi connectivity index (χ1) is 19.1. The van der Waals surface area contributed by atoms with Crippen LogP contribution in [-0.2, 0) is 10.0 Å². The van der Waals surface area contributed by atoms with E-state index in [0.717, 1.165) is 47.7 Å². The van der Waals surface area contributed by atoms with E-state index < -0.39 is 10.0 Å². The van der Waals surface area contributed by atoms with E-state index in [1.54, 1.807) is 24.3 Å². The lowest BCUT2D eigenvalue weighted by atomic mass is 9.90. The average Bonchev–Trinajstić information content (AvgIpc) is 2.93. The van der Waals surface area contributed by atoms with E-state index in [9.17, 15) is 8.42 Å². The van der Waals surface area contributed by atoms with Crippen LogP contribution >= 0.6 is 11.6 Å². The van der Waals surface area contributed by atoms with Crippen molar-refractivity contribution >= 4 is 44.3 Å². The van der Waals surface area contributed by atoms with Crippen molar-refractivity contribution in [1.29, 1.82) is 0 Å². The van der Waals surface area contributed by atoms with Crippen LogP contribution < -0.4 is 14.8 Å². The van der Waals surface area contributed by atoms with Gasteiger partial charge in [0.15, 0.2) is 0 Å². The maximum atomic E-state index is 12.9. The van der Waals surface area contributed by atoms with Gasteiger partial charge in [0.05, 0.1) is 17.6 Å². The monoisotopic (exact) mass is 580 g/mol. The maximum Gasteiger partial charge on any atom is 0.264 e. The number of nitrogens with zero attached hydrogens (tertiary/aromatic N) is 4. The van der Waals surface area contributed by atoms with Gasteiger partial charge in [-0.1, -0.05) is 23.7 Å². The predicted molar refractivity (Wildman–Crippen MR) is 160 cm³/mol. The molecule has 1 fully saturated rings. The van der Waals surface area contributed by atoms with E-state index in [4.69, 9.17) is 21.3 Å². The van der Waals surface area contributed by atoms with Gasteiger partial charge in [-0.15, -0.1) is 0 Å². The largest absolute Gasteiger partial charge is 0.480 e. The first-order valence-electron chi connectivity index (χ1n) is 13.2. The summed E-state index contributed by atoms with van der Waals surface area (Å²) in [5.74, 6) is 1.05. The number of aromatic nitrogens is 3. The molecule has 40 heavy (non-hydrogen) atoms. The zero-order valence-corrected chi connectivity index (χ0v) is 24.6. The maximum absolute atomic E-state index is 12.9. The molecule has 0 atom stereocenters. The fraction of sp³-hybridized carbons (Fsp3) is 0.345. The van der Waals surface area contributed by atoms with Gasteiger partial charge in [-0.25, -0.2) is 18.4 Å². The third-order valence-corrected chi connectivity index (χ3v) is 9.22. The summed E-state index contributed by atoms with van der Waals surface area (Å²) < 4.78 is 33.8. The molecule has 4 aromatic rings. The van der Waals surface area contributed by atoms with Crippen molar-refractivity contribution in [3.05, 3.63) is 65.3 Å². The molecule has 1 saturated carbocycles. The smallest absolute Gasteiger partial charge is 0.264 e. The van der Waals surface area contributed by atoms with Crippen LogP contribution in [0, 0.1) is 6.92 Å². The molecule has 0 amide bonds. The molecule has 210 valence electrons. The lowest BCUT2D eigenvalue weighted by Crippen LogP contribution is -2.36. The molecule has 1 aliphatic rings. The Morgan fingerprint density at radius 2 is 1.77 bits per heavy atom. The highest BCUT2D eigenvalue weighted by Gasteiger charge is 2.23. The van der Waals surface area contributed by atoms with Crippen LogP contribution in [-0.4, -0.2) is 61.6 Å². The molecule has 0 aliphatic heterocycles. The number of nitrogens with one attached hydrogen (secondary N) is 2. The van der Waals surface area contributed by atoms with Crippen molar-refractivity contribution in [2.75, 3.05) is 31.2 Å². The van der Waals surface area contributed by atoms with Crippen molar-refractivity contribution in [3.63, 3.8) is 0 Å². The molecular weight excluding hydrogens is 548 g/mol. The third kappa shape index (κ3) is 5.99. The van der Waals surface area contributed by atoms with Gasteiger partial charge in [0, 0.05) is 29.2 Å². The van der Waals surface area contributed by atoms with E-state index in [0.29, 0.717) is 23.6 Å². The summed E-state index contributed by atoms with van der Waals surface area (Å²) in [6, 6.07) is 14.6. The molecule has 2 N–H and O–H groups in total. The van der Waals surface area contributed by atoms with Gasteiger partial charge in [0.1, 0.15) is 10.7 Å². The summed E-state index contributed by atoms with van der Waals surface area (Å²) in [5, 5.41) is 4.55. The fourth-order valence-electron chi connectivity index (χ4n) is 5.20. The predicted octanol–water partition coefficient (Wildman–Crippen LogP) is 5.75. The highest BCUT2D eigenvalue weighted by atomic mass is 35.5. The van der Waals surface area contributed by atoms with E-state index >= 15 is 0 Å². The Labute approximate surface area is 240 Å². The zero-order chi connectivity index (χ0) is 28.4. The second-order valence-corrected chi connectivity index (χ2v) is 12.4. The summed E-state index contributed by atoms with van der Waals surface area (Å²) in [4.78, 5) is 16.1. The molecule has 5 rings (SSSR count). The average molecular weight is 581 g/mol. The van der Waals surface area contributed by atoms with Crippen molar-refractivity contribution in [3.8, 4) is 17.0 Å². The SMILES string of the molecule is COc1nc(NS(=O)(=O)c2ccccc2Cl)ccc1-c1cc(C)c2nc(N[C@H]3CC[C@@H](N(C)C)CC3)ncc2c1. The lowest BCUT2D eigenvalue weighted by Gasteiger charge is -2.32. The quantitative estimate of drug-likeness (QED) is 0.271. The Balaban J connectivity index is 1.37. The minimum absolute atomic E-state index is 0.0261. The number of rotatable bonds is 8. The number of aryl methyl sites for hydroxylation is 1. The van der Waals surface area contributed by atoms with Gasteiger partial charge in [0.2, 0.25) is 11.8 Å². The number of hydrogen-bond acceptors (Lipinski definition) is 8. The minimum atomic E-state index is -3.93. The summed E-state index contributed by atoms with van der Waals surface area (Å²) in [7, 11) is 1.86. The zero-order valence-electron chi connectivity index (χ0n) is 23.0. The number of sulfonamides is 1. The highest BCUT2D eigenvalue weighted by Crippen LogP contribution is 2.34. The van der Waals surface area contributed by atoms with E-state index in [-0.39, 0.29) is 21.6 Å². The fourth-order valence-corrected chi connectivity index (χ4v) is 6.72. The van der Waals surface area contributed by atoms with Gasteiger partial charge >= 0.3 is 0 Å². The molecule has 0 saturated heterocycles. The van der Waals surface area contributed by atoms with E-state index in [1.807, 2.05) is 25.3 Å². The van der Waals surface area contributed by atoms with Crippen LogP contribution in [0.4, 0.5) is 11.8 Å². The Morgan fingerprint density at radius 1 is 1.02 bits per heavy atom. The number of fused-ring (bicyclic) bond motifs is 1. The molecule has 0 spiro atoms. The molecule has 0 bridgehead atoms. The van der Waals surface area contributed by atoms with Crippen molar-refractivity contribution < 1.29 is 13.2 Å². The number of anilines is 2. The van der Waals surface area contributed by atoms with E-state index in [1.165, 1.54) is 19.2 Å². The van der Waals surface area contributed by atoms with Crippen LogP contribution in [0.3, 0.4) is 0 Å². The van der Waals surface area contributed by atoms with Crippen LogP contribution in [0.25, 0.3) is 22.0 Å². The second-order valence-electron chi connectivity index (χ2n) is 10.3. The molecule has 1 aliphatic carbocycles.